The van der Waals surface area contributed by atoms with Crippen molar-refractivity contribution in [2.45, 2.75) is 31.3 Å². The van der Waals surface area contributed by atoms with Gasteiger partial charge < -0.3 is 24.7 Å². The lowest BCUT2D eigenvalue weighted by atomic mass is 9.96. The zero-order valence-electron chi connectivity index (χ0n) is 16.7. The summed E-state index contributed by atoms with van der Waals surface area (Å²) in [5.74, 6) is -1.09. The summed E-state index contributed by atoms with van der Waals surface area (Å²) in [5, 5.41) is 2.71. The van der Waals surface area contributed by atoms with E-state index in [0.29, 0.717) is 13.0 Å². The standard InChI is InChI=1S/C20H23BrN4O5/c1-29-16(26)8-7-15(19(27)30-2)24-20(28)25-10-9-14-17(23-11-22-14)18(25)12-3-5-13(21)6-4-12/h3-6,11,15,18H,7-10H2,1-2H3,(H,22,23)(H,24,28). The highest BCUT2D eigenvalue weighted by Gasteiger charge is 2.35. The van der Waals surface area contributed by atoms with Crippen LogP contribution in [-0.4, -0.2) is 59.6 Å². The molecule has 0 radical (unpaired) electrons. The fraction of sp³-hybridized carbons (Fsp3) is 0.400. The maximum absolute atomic E-state index is 13.2. The SMILES string of the molecule is COC(=O)CCC(NC(=O)N1CCc2[nH]cnc2C1c1ccc(Br)cc1)C(=O)OC. The van der Waals surface area contributed by atoms with Gasteiger partial charge in [-0.3, -0.25) is 4.79 Å². The quantitative estimate of drug-likeness (QED) is 0.615. The minimum atomic E-state index is -0.965. The molecule has 30 heavy (non-hydrogen) atoms. The van der Waals surface area contributed by atoms with Crippen molar-refractivity contribution < 1.29 is 23.9 Å². The van der Waals surface area contributed by atoms with Gasteiger partial charge >= 0.3 is 18.0 Å². The lowest BCUT2D eigenvalue weighted by Gasteiger charge is -2.36. The molecule has 0 bridgehead atoms. The van der Waals surface area contributed by atoms with Gasteiger partial charge in [-0.25, -0.2) is 14.6 Å². The molecule has 9 nitrogen and oxygen atoms in total. The zero-order valence-corrected chi connectivity index (χ0v) is 18.3. The van der Waals surface area contributed by atoms with Gasteiger partial charge in [0, 0.05) is 29.6 Å². The van der Waals surface area contributed by atoms with Crippen molar-refractivity contribution in [2.24, 2.45) is 0 Å². The average molecular weight is 479 g/mol. The summed E-state index contributed by atoms with van der Waals surface area (Å²) in [6, 6.07) is 5.85. The fourth-order valence-corrected chi connectivity index (χ4v) is 3.73. The highest BCUT2D eigenvalue weighted by molar-refractivity contribution is 9.10. The third-order valence-corrected chi connectivity index (χ3v) is 5.55. The largest absolute Gasteiger partial charge is 0.469 e. The van der Waals surface area contributed by atoms with Crippen LogP contribution in [0.4, 0.5) is 4.79 Å². The summed E-state index contributed by atoms with van der Waals surface area (Å²) in [4.78, 5) is 46.0. The maximum atomic E-state index is 13.2. The van der Waals surface area contributed by atoms with E-state index >= 15 is 0 Å². The van der Waals surface area contributed by atoms with Crippen molar-refractivity contribution >= 4 is 33.9 Å². The Bertz CT molecular complexity index is 914. The number of hydrogen-bond acceptors (Lipinski definition) is 6. The number of nitrogens with zero attached hydrogens (tertiary/aromatic N) is 2. The molecule has 1 aromatic heterocycles. The van der Waals surface area contributed by atoms with E-state index in [4.69, 9.17) is 4.74 Å². The van der Waals surface area contributed by atoms with Crippen LogP contribution in [0.1, 0.15) is 35.8 Å². The van der Waals surface area contributed by atoms with Crippen molar-refractivity contribution in [2.75, 3.05) is 20.8 Å². The van der Waals surface area contributed by atoms with E-state index in [-0.39, 0.29) is 12.8 Å². The number of rotatable bonds is 6. The predicted molar refractivity (Wildman–Crippen MR) is 111 cm³/mol. The third kappa shape index (κ3) is 4.81. The summed E-state index contributed by atoms with van der Waals surface area (Å²) >= 11 is 3.43. The number of carbonyl (C=O) groups excluding carboxylic acids is 3. The molecule has 1 aliphatic rings. The number of aromatic amines is 1. The molecule has 0 spiro atoms. The maximum Gasteiger partial charge on any atom is 0.328 e. The van der Waals surface area contributed by atoms with Gasteiger partial charge in [0.1, 0.15) is 12.1 Å². The van der Waals surface area contributed by atoms with Crippen molar-refractivity contribution in [3.63, 3.8) is 0 Å². The van der Waals surface area contributed by atoms with E-state index < -0.39 is 30.1 Å². The Morgan fingerprint density at radius 1 is 1.27 bits per heavy atom. The van der Waals surface area contributed by atoms with Gasteiger partial charge in [-0.05, 0) is 24.1 Å². The van der Waals surface area contributed by atoms with E-state index in [1.165, 1.54) is 14.2 Å². The number of nitrogens with one attached hydrogen (secondary N) is 2. The number of imidazole rings is 1. The second kappa shape index (κ2) is 9.75. The van der Waals surface area contributed by atoms with Gasteiger partial charge in [-0.15, -0.1) is 0 Å². The Morgan fingerprint density at radius 3 is 2.67 bits per heavy atom. The first-order chi connectivity index (χ1) is 14.4. The minimum absolute atomic E-state index is 0.0177. The molecular formula is C20H23BrN4O5. The number of H-pyrrole nitrogens is 1. The number of aromatic nitrogens is 2. The molecule has 1 aliphatic heterocycles. The van der Waals surface area contributed by atoms with Gasteiger partial charge in [0.25, 0.3) is 0 Å². The van der Waals surface area contributed by atoms with E-state index in [9.17, 15) is 14.4 Å². The topological polar surface area (TPSA) is 114 Å². The van der Waals surface area contributed by atoms with Gasteiger partial charge in [0.15, 0.2) is 0 Å². The monoisotopic (exact) mass is 478 g/mol. The van der Waals surface area contributed by atoms with Crippen molar-refractivity contribution in [1.82, 2.24) is 20.2 Å². The number of amides is 2. The lowest BCUT2D eigenvalue weighted by Crippen LogP contribution is -2.51. The molecule has 0 fully saturated rings. The fourth-order valence-electron chi connectivity index (χ4n) is 3.47. The van der Waals surface area contributed by atoms with Crippen LogP contribution < -0.4 is 5.32 Å². The number of benzene rings is 1. The Kier molecular flexibility index (Phi) is 7.09. The van der Waals surface area contributed by atoms with Crippen LogP contribution in [0.15, 0.2) is 35.1 Å². The van der Waals surface area contributed by atoms with Crippen LogP contribution in [0, 0.1) is 0 Å². The van der Waals surface area contributed by atoms with Gasteiger partial charge in [0.05, 0.1) is 26.2 Å². The van der Waals surface area contributed by atoms with Crippen LogP contribution in [0.25, 0.3) is 0 Å². The van der Waals surface area contributed by atoms with Gasteiger partial charge in [-0.1, -0.05) is 28.1 Å². The van der Waals surface area contributed by atoms with Crippen LogP contribution in [0.5, 0.6) is 0 Å². The Hall–Kier alpha value is -2.88. The third-order valence-electron chi connectivity index (χ3n) is 5.02. The first-order valence-corrected chi connectivity index (χ1v) is 10.2. The molecule has 1 aromatic carbocycles. The number of hydrogen-bond donors (Lipinski definition) is 2. The summed E-state index contributed by atoms with van der Waals surface area (Å²) in [5.41, 5.74) is 2.63. The normalized spacial score (nSPS) is 16.4. The molecule has 3 rings (SSSR count). The van der Waals surface area contributed by atoms with Gasteiger partial charge in [-0.2, -0.15) is 0 Å². The molecule has 2 atom stereocenters. The number of fused-ring (bicyclic) bond motifs is 1. The second-order valence-corrected chi connectivity index (χ2v) is 7.72. The molecular weight excluding hydrogens is 456 g/mol. The number of halogens is 1. The molecule has 10 heteroatoms. The predicted octanol–water partition coefficient (Wildman–Crippen LogP) is 2.32. The molecule has 0 saturated carbocycles. The van der Waals surface area contributed by atoms with Crippen LogP contribution in [0.2, 0.25) is 0 Å². The van der Waals surface area contributed by atoms with Crippen LogP contribution in [-0.2, 0) is 25.5 Å². The number of esters is 2. The average Bonchev–Trinajstić information content (AvgIpc) is 3.24. The van der Waals surface area contributed by atoms with E-state index in [2.05, 4.69) is 36.0 Å². The Morgan fingerprint density at radius 2 is 2.00 bits per heavy atom. The Balaban J connectivity index is 1.84. The highest BCUT2D eigenvalue weighted by Crippen LogP contribution is 2.34. The molecule has 2 amide bonds. The molecule has 2 aromatic rings. The lowest BCUT2D eigenvalue weighted by molar-refractivity contribution is -0.144. The number of ether oxygens (including phenoxy) is 2. The molecule has 2 N–H and O–H groups in total. The molecule has 160 valence electrons. The van der Waals surface area contributed by atoms with E-state index in [1.807, 2.05) is 24.3 Å². The second-order valence-electron chi connectivity index (χ2n) is 6.80. The van der Waals surface area contributed by atoms with Crippen LogP contribution >= 0.6 is 15.9 Å². The summed E-state index contributed by atoms with van der Waals surface area (Å²) < 4.78 is 10.3. The number of carbonyl (C=O) groups is 3. The molecule has 2 heterocycles. The van der Waals surface area contributed by atoms with Crippen molar-refractivity contribution in [3.05, 3.63) is 52.0 Å². The minimum Gasteiger partial charge on any atom is -0.469 e. The van der Waals surface area contributed by atoms with Crippen LogP contribution in [0.3, 0.4) is 0 Å². The van der Waals surface area contributed by atoms with Crippen molar-refractivity contribution in [1.29, 1.82) is 0 Å². The summed E-state index contributed by atoms with van der Waals surface area (Å²) in [7, 11) is 2.51. The van der Waals surface area contributed by atoms with Crippen molar-refractivity contribution in [3.8, 4) is 0 Å². The highest BCUT2D eigenvalue weighted by atomic mass is 79.9. The molecule has 0 saturated heterocycles. The first kappa shape index (κ1) is 21.8. The summed E-state index contributed by atoms with van der Waals surface area (Å²) in [6.07, 6.45) is 2.29. The Labute approximate surface area is 182 Å². The van der Waals surface area contributed by atoms with E-state index in [0.717, 1.165) is 21.4 Å². The summed E-state index contributed by atoms with van der Waals surface area (Å²) in [6.45, 7) is 0.437. The first-order valence-electron chi connectivity index (χ1n) is 9.44. The number of methoxy groups -OCH3 is 2. The molecule has 2 unspecified atom stereocenters. The van der Waals surface area contributed by atoms with E-state index in [1.54, 1.807) is 11.2 Å². The smallest absolute Gasteiger partial charge is 0.328 e. The van der Waals surface area contributed by atoms with Gasteiger partial charge in [0.2, 0.25) is 0 Å². The zero-order chi connectivity index (χ0) is 21.7. The molecule has 0 aliphatic carbocycles. The number of urea groups is 1.